The second-order valence-electron chi connectivity index (χ2n) is 7.36. The summed E-state index contributed by atoms with van der Waals surface area (Å²) in [4.78, 5) is 20.3. The van der Waals surface area contributed by atoms with E-state index in [2.05, 4.69) is 38.2 Å². The fourth-order valence-electron chi connectivity index (χ4n) is 2.56. The zero-order chi connectivity index (χ0) is 23.4. The zero-order valence-electron chi connectivity index (χ0n) is 19.4. The largest absolute Gasteiger partial charge is 0.494 e. The number of aryl methyl sites for hydroxylation is 1. The topological polar surface area (TPSA) is 84.9 Å². The van der Waals surface area contributed by atoms with Gasteiger partial charge in [-0.2, -0.15) is 0 Å². The van der Waals surface area contributed by atoms with Gasteiger partial charge >= 0.3 is 5.97 Å². The maximum atomic E-state index is 11.9. The summed E-state index contributed by atoms with van der Waals surface area (Å²) in [6.45, 7) is 10.6. The highest BCUT2D eigenvalue weighted by atomic mass is 35.5. The van der Waals surface area contributed by atoms with Crippen molar-refractivity contribution in [2.45, 2.75) is 78.3 Å². The van der Waals surface area contributed by atoms with Gasteiger partial charge in [-0.1, -0.05) is 26.0 Å². The predicted molar refractivity (Wildman–Crippen MR) is 124 cm³/mol. The molecular weight excluding hydrogens is 406 g/mol. The number of methoxy groups -OCH3 is 1. The third-order valence-corrected chi connectivity index (χ3v) is 4.04. The van der Waals surface area contributed by atoms with Crippen molar-refractivity contribution in [1.29, 1.82) is 0 Å². The maximum Gasteiger partial charge on any atom is 0.322 e. The van der Waals surface area contributed by atoms with Crippen LogP contribution in [0.2, 0.25) is 0 Å². The first kappa shape index (κ1) is 30.4. The van der Waals surface area contributed by atoms with Gasteiger partial charge in [0, 0.05) is 11.4 Å². The van der Waals surface area contributed by atoms with Crippen LogP contribution in [0.3, 0.4) is 0 Å². The highest BCUT2D eigenvalue weighted by Gasteiger charge is 2.23. The Morgan fingerprint density at radius 1 is 1.17 bits per heavy atom. The molecule has 30 heavy (non-hydrogen) atoms. The summed E-state index contributed by atoms with van der Waals surface area (Å²) in [6, 6.07) is 7.90. The highest BCUT2D eigenvalue weighted by molar-refractivity contribution is 6.17. The second kappa shape index (κ2) is 19.2. The van der Waals surface area contributed by atoms with E-state index in [0.29, 0.717) is 12.5 Å². The Morgan fingerprint density at radius 2 is 1.73 bits per heavy atom. The number of esters is 1. The Kier molecular flexibility index (Phi) is 19.4. The minimum absolute atomic E-state index is 0.124. The number of nitrogens with one attached hydrogen (secondary N) is 1. The van der Waals surface area contributed by atoms with Gasteiger partial charge in [-0.25, -0.2) is 0 Å². The normalized spacial score (nSPS) is 11.2. The number of hydrogen-bond acceptors (Lipinski definition) is 5. The molecule has 6 nitrogen and oxygen atoms in total. The van der Waals surface area contributed by atoms with Crippen molar-refractivity contribution in [3.8, 4) is 5.75 Å². The lowest BCUT2D eigenvalue weighted by Gasteiger charge is -2.27. The Labute approximate surface area is 187 Å². The van der Waals surface area contributed by atoms with Gasteiger partial charge < -0.3 is 14.6 Å². The Balaban J connectivity index is 0. The van der Waals surface area contributed by atoms with E-state index in [9.17, 15) is 4.79 Å². The summed E-state index contributed by atoms with van der Waals surface area (Å²) in [5.41, 5.74) is 1.12. The molecule has 1 aromatic rings. The van der Waals surface area contributed by atoms with Gasteiger partial charge in [-0.15, -0.1) is 11.6 Å². The fourth-order valence-corrected chi connectivity index (χ4v) is 2.75. The standard InChI is InChI=1S/C20H32ClNO3.C2H6.CH2O2/c1-20(2,3)22-18(19(23)24-4)9-7-8-16-10-12-17(13-11-16)25-15-6-5-14-21;1-2;2-1-3/h10-13,18,22H,5-9,14-15H2,1-4H3;1-2H3;1H,(H,2,3). The van der Waals surface area contributed by atoms with E-state index in [4.69, 9.17) is 31.0 Å². The van der Waals surface area contributed by atoms with Gasteiger partial charge in [0.05, 0.1) is 13.7 Å². The van der Waals surface area contributed by atoms with Crippen molar-refractivity contribution in [3.63, 3.8) is 0 Å². The molecule has 7 heteroatoms. The van der Waals surface area contributed by atoms with Gasteiger partial charge in [0.2, 0.25) is 0 Å². The quantitative estimate of drug-likeness (QED) is 0.214. The molecule has 0 spiro atoms. The van der Waals surface area contributed by atoms with Gasteiger partial charge in [0.25, 0.3) is 6.47 Å². The van der Waals surface area contributed by atoms with E-state index in [1.54, 1.807) is 0 Å². The lowest BCUT2D eigenvalue weighted by molar-refractivity contribution is -0.143. The van der Waals surface area contributed by atoms with E-state index in [-0.39, 0.29) is 24.0 Å². The minimum atomic E-state index is -0.269. The SMILES string of the molecule is CC.COC(=O)C(CCCc1ccc(OCCCCCl)cc1)NC(C)(C)C.O=CO. The minimum Gasteiger partial charge on any atom is -0.494 e. The molecule has 0 aliphatic carbocycles. The molecule has 1 aromatic carbocycles. The molecule has 0 heterocycles. The molecule has 0 saturated carbocycles. The summed E-state index contributed by atoms with van der Waals surface area (Å²) in [6.07, 6.45) is 4.54. The third kappa shape index (κ3) is 17.1. The van der Waals surface area contributed by atoms with Crippen molar-refractivity contribution in [1.82, 2.24) is 5.32 Å². The predicted octanol–water partition coefficient (Wildman–Crippen LogP) is 5.06. The van der Waals surface area contributed by atoms with Crippen LogP contribution in [0, 0.1) is 0 Å². The van der Waals surface area contributed by atoms with E-state index >= 15 is 0 Å². The zero-order valence-corrected chi connectivity index (χ0v) is 20.1. The number of hydrogen-bond donors (Lipinski definition) is 2. The number of ether oxygens (including phenoxy) is 2. The number of benzene rings is 1. The number of carboxylic acid groups (broad SMARTS) is 1. The first-order valence-electron chi connectivity index (χ1n) is 10.5. The number of carbonyl (C=O) groups excluding carboxylic acids is 1. The van der Waals surface area contributed by atoms with Crippen LogP contribution in [0.4, 0.5) is 0 Å². The first-order valence-corrected chi connectivity index (χ1v) is 11.0. The fraction of sp³-hybridized carbons (Fsp3) is 0.652. The Hall–Kier alpha value is -1.79. The van der Waals surface area contributed by atoms with Crippen LogP contribution in [0.25, 0.3) is 0 Å². The van der Waals surface area contributed by atoms with Gasteiger partial charge in [0.15, 0.2) is 0 Å². The van der Waals surface area contributed by atoms with Crippen LogP contribution in [0.15, 0.2) is 24.3 Å². The first-order chi connectivity index (χ1) is 14.3. The average molecular weight is 446 g/mol. The summed E-state index contributed by atoms with van der Waals surface area (Å²) in [7, 11) is 1.44. The molecule has 174 valence electrons. The molecule has 0 radical (unpaired) electrons. The van der Waals surface area contributed by atoms with Crippen LogP contribution < -0.4 is 10.1 Å². The molecule has 0 bridgehead atoms. The van der Waals surface area contributed by atoms with Crippen molar-refractivity contribution < 1.29 is 24.2 Å². The van der Waals surface area contributed by atoms with Crippen molar-refractivity contribution in [2.75, 3.05) is 19.6 Å². The van der Waals surface area contributed by atoms with Gasteiger partial charge in [-0.05, 0) is 70.6 Å². The molecular formula is C23H40ClNO5. The van der Waals surface area contributed by atoms with Crippen LogP contribution in [0.5, 0.6) is 5.75 Å². The molecule has 0 aliphatic heterocycles. The number of rotatable bonds is 11. The van der Waals surface area contributed by atoms with Crippen LogP contribution in [0.1, 0.15) is 65.9 Å². The van der Waals surface area contributed by atoms with Crippen LogP contribution in [-0.2, 0) is 20.7 Å². The Bertz CT molecular complexity index is 544. The van der Waals surface area contributed by atoms with E-state index in [1.165, 1.54) is 12.7 Å². The molecule has 0 aromatic heterocycles. The lowest BCUT2D eigenvalue weighted by Crippen LogP contribution is -2.48. The summed E-state index contributed by atoms with van der Waals surface area (Å²) in [5.74, 6) is 1.37. The van der Waals surface area contributed by atoms with Crippen LogP contribution >= 0.6 is 11.6 Å². The maximum absolute atomic E-state index is 11.9. The van der Waals surface area contributed by atoms with Crippen molar-refractivity contribution >= 4 is 24.0 Å². The number of unbranched alkanes of at least 4 members (excludes halogenated alkanes) is 1. The highest BCUT2D eigenvalue weighted by Crippen LogP contribution is 2.16. The average Bonchev–Trinajstić information content (AvgIpc) is 2.72. The summed E-state index contributed by atoms with van der Waals surface area (Å²) >= 11 is 5.65. The molecule has 1 rings (SSSR count). The van der Waals surface area contributed by atoms with E-state index in [0.717, 1.165) is 37.9 Å². The molecule has 0 saturated heterocycles. The van der Waals surface area contributed by atoms with Gasteiger partial charge in [0.1, 0.15) is 11.8 Å². The molecule has 0 amide bonds. The molecule has 1 unspecified atom stereocenters. The number of halogens is 1. The summed E-state index contributed by atoms with van der Waals surface area (Å²) in [5, 5.41) is 10.2. The van der Waals surface area contributed by atoms with Crippen molar-refractivity contribution in [3.05, 3.63) is 29.8 Å². The van der Waals surface area contributed by atoms with E-state index < -0.39 is 0 Å². The van der Waals surface area contributed by atoms with Gasteiger partial charge in [-0.3, -0.25) is 14.9 Å². The Morgan fingerprint density at radius 3 is 2.20 bits per heavy atom. The third-order valence-electron chi connectivity index (χ3n) is 3.77. The van der Waals surface area contributed by atoms with E-state index in [1.807, 2.05) is 26.0 Å². The number of carbonyl (C=O) groups is 2. The monoisotopic (exact) mass is 445 g/mol. The lowest BCUT2D eigenvalue weighted by atomic mass is 10.0. The molecule has 2 N–H and O–H groups in total. The second-order valence-corrected chi connectivity index (χ2v) is 7.73. The summed E-state index contributed by atoms with van der Waals surface area (Å²) < 4.78 is 10.6. The van der Waals surface area contributed by atoms with Crippen molar-refractivity contribution in [2.24, 2.45) is 0 Å². The van der Waals surface area contributed by atoms with Crippen LogP contribution in [-0.4, -0.2) is 48.7 Å². The molecule has 1 atom stereocenters. The molecule has 0 aliphatic rings. The number of alkyl halides is 1. The smallest absolute Gasteiger partial charge is 0.322 e. The molecule has 0 fully saturated rings.